The smallest absolute Gasteiger partial charge is 0.0545 e. The Morgan fingerprint density at radius 1 is 1.44 bits per heavy atom. The maximum Gasteiger partial charge on any atom is 0.0545 e. The van der Waals surface area contributed by atoms with Gasteiger partial charge in [0, 0.05) is 16.7 Å². The van der Waals surface area contributed by atoms with Gasteiger partial charge in [0.2, 0.25) is 0 Å². The fraction of sp³-hybridized carbons (Fsp3) is 0.538. The highest BCUT2D eigenvalue weighted by Crippen LogP contribution is 2.13. The summed E-state index contributed by atoms with van der Waals surface area (Å²) < 4.78 is 12.1. The quantitative estimate of drug-likeness (QED) is 0.858. The van der Waals surface area contributed by atoms with Gasteiger partial charge in [0.1, 0.15) is 0 Å². The van der Waals surface area contributed by atoms with Crippen LogP contribution in [0.5, 0.6) is 0 Å². The molecule has 0 saturated heterocycles. The van der Waals surface area contributed by atoms with Crippen molar-refractivity contribution in [3.8, 4) is 0 Å². The van der Waals surface area contributed by atoms with E-state index >= 15 is 0 Å². The van der Waals surface area contributed by atoms with E-state index in [-0.39, 0.29) is 6.04 Å². The zero-order chi connectivity index (χ0) is 12.1. The van der Waals surface area contributed by atoms with E-state index in [9.17, 15) is 4.21 Å². The Kier molecular flexibility index (Phi) is 5.16. The van der Waals surface area contributed by atoms with E-state index in [2.05, 4.69) is 13.8 Å². The third kappa shape index (κ3) is 3.72. The molecule has 0 fully saturated rings. The van der Waals surface area contributed by atoms with Crippen molar-refractivity contribution < 1.29 is 4.21 Å². The SMILES string of the molecule is CCC(C)C(N)CS(=O)c1cccc(C)c1. The van der Waals surface area contributed by atoms with Gasteiger partial charge in [-0.1, -0.05) is 32.4 Å². The number of aryl methyl sites for hydroxylation is 1. The van der Waals surface area contributed by atoms with Crippen LogP contribution in [0.25, 0.3) is 0 Å². The Morgan fingerprint density at radius 2 is 2.12 bits per heavy atom. The maximum atomic E-state index is 12.1. The van der Waals surface area contributed by atoms with E-state index in [1.54, 1.807) is 0 Å². The zero-order valence-electron chi connectivity index (χ0n) is 10.3. The van der Waals surface area contributed by atoms with Crippen molar-refractivity contribution in [1.29, 1.82) is 0 Å². The van der Waals surface area contributed by atoms with Crippen molar-refractivity contribution in [2.75, 3.05) is 5.75 Å². The summed E-state index contributed by atoms with van der Waals surface area (Å²) >= 11 is 0. The van der Waals surface area contributed by atoms with Gasteiger partial charge >= 0.3 is 0 Å². The van der Waals surface area contributed by atoms with Gasteiger partial charge in [-0.15, -0.1) is 0 Å². The van der Waals surface area contributed by atoms with Crippen LogP contribution >= 0.6 is 0 Å². The lowest BCUT2D eigenvalue weighted by Gasteiger charge is -2.17. The second-order valence-electron chi connectivity index (χ2n) is 4.38. The fourth-order valence-electron chi connectivity index (χ4n) is 1.49. The van der Waals surface area contributed by atoms with Gasteiger partial charge in [-0.3, -0.25) is 4.21 Å². The molecule has 0 aliphatic heterocycles. The third-order valence-corrected chi connectivity index (χ3v) is 4.44. The van der Waals surface area contributed by atoms with E-state index < -0.39 is 10.8 Å². The lowest BCUT2D eigenvalue weighted by molar-refractivity contribution is 0.472. The minimum atomic E-state index is -0.971. The molecular formula is C13H21NOS. The van der Waals surface area contributed by atoms with Gasteiger partial charge in [-0.05, 0) is 30.5 Å². The Morgan fingerprint density at radius 3 is 2.69 bits per heavy atom. The monoisotopic (exact) mass is 239 g/mol. The molecule has 0 bridgehead atoms. The summed E-state index contributed by atoms with van der Waals surface area (Å²) in [6.45, 7) is 6.23. The summed E-state index contributed by atoms with van der Waals surface area (Å²) in [4.78, 5) is 0.888. The van der Waals surface area contributed by atoms with E-state index in [1.807, 2.05) is 31.2 Å². The predicted octanol–water partition coefficient (Wildman–Crippen LogP) is 2.48. The van der Waals surface area contributed by atoms with E-state index in [0.717, 1.165) is 16.9 Å². The summed E-state index contributed by atoms with van der Waals surface area (Å²) in [6, 6.07) is 7.85. The van der Waals surface area contributed by atoms with Crippen molar-refractivity contribution in [2.45, 2.75) is 38.1 Å². The number of rotatable bonds is 5. The second kappa shape index (κ2) is 6.16. The molecule has 0 radical (unpaired) electrons. The van der Waals surface area contributed by atoms with Gasteiger partial charge in [0.05, 0.1) is 10.8 Å². The molecule has 0 heterocycles. The van der Waals surface area contributed by atoms with E-state index in [4.69, 9.17) is 5.73 Å². The number of hydrogen-bond donors (Lipinski definition) is 1. The van der Waals surface area contributed by atoms with Crippen molar-refractivity contribution in [3.05, 3.63) is 29.8 Å². The Hall–Kier alpha value is -0.670. The van der Waals surface area contributed by atoms with Crippen LogP contribution in [0.4, 0.5) is 0 Å². The molecule has 1 aromatic carbocycles. The molecule has 0 aromatic heterocycles. The molecular weight excluding hydrogens is 218 g/mol. The first-order valence-electron chi connectivity index (χ1n) is 5.75. The van der Waals surface area contributed by atoms with Crippen LogP contribution < -0.4 is 5.73 Å². The highest BCUT2D eigenvalue weighted by atomic mass is 32.2. The summed E-state index contributed by atoms with van der Waals surface area (Å²) in [6.07, 6.45) is 1.03. The number of benzene rings is 1. The largest absolute Gasteiger partial charge is 0.327 e. The fourth-order valence-corrected chi connectivity index (χ4v) is 2.91. The predicted molar refractivity (Wildman–Crippen MR) is 69.9 cm³/mol. The lowest BCUT2D eigenvalue weighted by atomic mass is 10.0. The first-order valence-corrected chi connectivity index (χ1v) is 7.07. The molecule has 0 amide bonds. The minimum Gasteiger partial charge on any atom is -0.327 e. The molecule has 3 heteroatoms. The minimum absolute atomic E-state index is 0.0198. The Bertz CT molecular complexity index is 365. The molecule has 0 saturated carbocycles. The summed E-state index contributed by atoms with van der Waals surface area (Å²) in [7, 11) is -0.971. The molecule has 0 spiro atoms. The Balaban J connectivity index is 2.66. The van der Waals surface area contributed by atoms with Crippen molar-refractivity contribution in [2.24, 2.45) is 11.7 Å². The first kappa shape index (κ1) is 13.4. The van der Waals surface area contributed by atoms with Gasteiger partial charge in [-0.2, -0.15) is 0 Å². The van der Waals surface area contributed by atoms with Crippen LogP contribution in [0.15, 0.2) is 29.2 Å². The summed E-state index contributed by atoms with van der Waals surface area (Å²) in [5.74, 6) is 0.979. The van der Waals surface area contributed by atoms with Gasteiger partial charge in [-0.25, -0.2) is 0 Å². The molecule has 0 aliphatic carbocycles. The van der Waals surface area contributed by atoms with Crippen LogP contribution in [-0.4, -0.2) is 16.0 Å². The van der Waals surface area contributed by atoms with Crippen LogP contribution in [0.2, 0.25) is 0 Å². The molecule has 90 valence electrons. The normalized spacial score (nSPS) is 16.8. The van der Waals surface area contributed by atoms with Crippen LogP contribution in [0, 0.1) is 12.8 Å². The lowest BCUT2D eigenvalue weighted by Crippen LogP contribution is -2.33. The van der Waals surface area contributed by atoms with Crippen LogP contribution in [-0.2, 0) is 10.8 Å². The van der Waals surface area contributed by atoms with Crippen molar-refractivity contribution in [1.82, 2.24) is 0 Å². The molecule has 1 rings (SSSR count). The molecule has 3 atom stereocenters. The second-order valence-corrected chi connectivity index (χ2v) is 5.87. The molecule has 1 aromatic rings. The highest BCUT2D eigenvalue weighted by molar-refractivity contribution is 7.85. The van der Waals surface area contributed by atoms with Crippen LogP contribution in [0.3, 0.4) is 0 Å². The third-order valence-electron chi connectivity index (χ3n) is 2.97. The average molecular weight is 239 g/mol. The van der Waals surface area contributed by atoms with E-state index in [0.29, 0.717) is 11.7 Å². The standard InChI is InChI=1S/C13H21NOS/c1-4-11(3)13(14)9-16(15)12-7-5-6-10(2)8-12/h5-8,11,13H,4,9,14H2,1-3H3. The highest BCUT2D eigenvalue weighted by Gasteiger charge is 2.15. The molecule has 16 heavy (non-hydrogen) atoms. The van der Waals surface area contributed by atoms with Crippen molar-refractivity contribution in [3.63, 3.8) is 0 Å². The Labute approximate surface area is 101 Å². The molecule has 3 unspecified atom stereocenters. The molecule has 2 N–H and O–H groups in total. The van der Waals surface area contributed by atoms with Crippen molar-refractivity contribution >= 4 is 10.8 Å². The summed E-state index contributed by atoms with van der Waals surface area (Å²) in [5.41, 5.74) is 7.15. The van der Waals surface area contributed by atoms with Gasteiger partial charge in [0.25, 0.3) is 0 Å². The summed E-state index contributed by atoms with van der Waals surface area (Å²) in [5, 5.41) is 0. The molecule has 2 nitrogen and oxygen atoms in total. The van der Waals surface area contributed by atoms with Gasteiger partial charge in [0.15, 0.2) is 0 Å². The topological polar surface area (TPSA) is 43.1 Å². The zero-order valence-corrected chi connectivity index (χ0v) is 11.1. The first-order chi connectivity index (χ1) is 7.54. The van der Waals surface area contributed by atoms with E-state index in [1.165, 1.54) is 0 Å². The maximum absolute atomic E-state index is 12.1. The average Bonchev–Trinajstić information content (AvgIpc) is 2.27. The molecule has 0 aliphatic rings. The number of hydrogen-bond acceptors (Lipinski definition) is 2. The number of nitrogens with two attached hydrogens (primary N) is 1. The van der Waals surface area contributed by atoms with Crippen LogP contribution in [0.1, 0.15) is 25.8 Å². The van der Waals surface area contributed by atoms with Gasteiger partial charge < -0.3 is 5.73 Å².